The zero-order valence-corrected chi connectivity index (χ0v) is 23.5. The maximum Gasteiger partial charge on any atom is 0.253 e. The lowest BCUT2D eigenvalue weighted by Gasteiger charge is -2.33. The Morgan fingerprint density at radius 1 is 0.973 bits per heavy atom. The number of carbonyl (C=O) groups is 1. The standard InChI is InChI=1S/C30H37ClN4OS/c1-3-16-35(17-4-2)29(36)26-12-10-25(11-13-26)22-37-30-32-27(31)21-28(33-30)34-18-14-24(15-19-34)20-23-8-6-5-7-9-23/h5-13,21,24H,3-4,14-20,22H2,1-2H3. The third-order valence-electron chi connectivity index (χ3n) is 6.81. The molecule has 1 saturated heterocycles. The summed E-state index contributed by atoms with van der Waals surface area (Å²) < 4.78 is 0. The molecule has 0 radical (unpaired) electrons. The molecule has 0 bridgehead atoms. The van der Waals surface area contributed by atoms with Crippen LogP contribution in [0.15, 0.2) is 65.8 Å². The molecule has 0 spiro atoms. The Morgan fingerprint density at radius 3 is 2.30 bits per heavy atom. The van der Waals surface area contributed by atoms with E-state index in [1.165, 1.54) is 5.56 Å². The number of aromatic nitrogens is 2. The quantitative estimate of drug-likeness (QED) is 0.148. The first-order chi connectivity index (χ1) is 18.1. The molecular formula is C30H37ClN4OS. The van der Waals surface area contributed by atoms with Gasteiger partial charge in [-0.1, -0.05) is 79.7 Å². The van der Waals surface area contributed by atoms with Gasteiger partial charge in [0.2, 0.25) is 0 Å². The third kappa shape index (κ3) is 7.96. The highest BCUT2D eigenvalue weighted by Crippen LogP contribution is 2.29. The van der Waals surface area contributed by atoms with Gasteiger partial charge in [-0.2, -0.15) is 0 Å². The molecule has 196 valence electrons. The van der Waals surface area contributed by atoms with Crippen molar-refractivity contribution in [3.63, 3.8) is 0 Å². The molecule has 2 heterocycles. The van der Waals surface area contributed by atoms with Crippen molar-refractivity contribution < 1.29 is 4.79 Å². The Balaban J connectivity index is 1.32. The van der Waals surface area contributed by atoms with Gasteiger partial charge in [0.1, 0.15) is 11.0 Å². The lowest BCUT2D eigenvalue weighted by atomic mass is 9.90. The average Bonchev–Trinajstić information content (AvgIpc) is 2.92. The first-order valence-corrected chi connectivity index (χ1v) is 14.8. The summed E-state index contributed by atoms with van der Waals surface area (Å²) in [4.78, 5) is 26.4. The monoisotopic (exact) mass is 536 g/mol. The number of amides is 1. The van der Waals surface area contributed by atoms with Crippen LogP contribution in [-0.4, -0.2) is 47.0 Å². The summed E-state index contributed by atoms with van der Waals surface area (Å²) in [6, 6.07) is 20.6. The van der Waals surface area contributed by atoms with E-state index in [0.717, 1.165) is 81.0 Å². The van der Waals surface area contributed by atoms with E-state index in [4.69, 9.17) is 16.6 Å². The second-order valence-electron chi connectivity index (χ2n) is 9.73. The van der Waals surface area contributed by atoms with Gasteiger partial charge < -0.3 is 9.80 Å². The number of piperidine rings is 1. The fraction of sp³-hybridized carbons (Fsp3) is 0.433. The Labute approximate surface area is 230 Å². The molecule has 1 aliphatic rings. The Morgan fingerprint density at radius 2 is 1.65 bits per heavy atom. The number of nitrogens with zero attached hydrogens (tertiary/aromatic N) is 4. The van der Waals surface area contributed by atoms with Crippen LogP contribution in [0, 0.1) is 5.92 Å². The van der Waals surface area contributed by atoms with Gasteiger partial charge in [0, 0.05) is 43.6 Å². The van der Waals surface area contributed by atoms with E-state index in [1.807, 2.05) is 35.2 Å². The number of anilines is 1. The van der Waals surface area contributed by atoms with Gasteiger partial charge in [-0.15, -0.1) is 0 Å². The largest absolute Gasteiger partial charge is 0.356 e. The molecule has 0 unspecified atom stereocenters. The highest BCUT2D eigenvalue weighted by atomic mass is 35.5. The first-order valence-electron chi connectivity index (χ1n) is 13.4. The van der Waals surface area contributed by atoms with Crippen LogP contribution in [0.1, 0.15) is 61.0 Å². The Bertz CT molecular complexity index is 1130. The number of hydrogen-bond acceptors (Lipinski definition) is 5. The molecule has 7 heteroatoms. The molecule has 5 nitrogen and oxygen atoms in total. The molecule has 0 N–H and O–H groups in total. The van der Waals surface area contributed by atoms with Crippen molar-refractivity contribution in [3.8, 4) is 0 Å². The second kappa shape index (κ2) is 13.8. The predicted octanol–water partition coefficient (Wildman–Crippen LogP) is 7.14. The molecule has 4 rings (SSSR count). The fourth-order valence-electron chi connectivity index (χ4n) is 4.85. The van der Waals surface area contributed by atoms with Gasteiger partial charge in [0.15, 0.2) is 5.16 Å². The van der Waals surface area contributed by atoms with Gasteiger partial charge in [-0.3, -0.25) is 4.79 Å². The summed E-state index contributed by atoms with van der Waals surface area (Å²) in [5.41, 5.74) is 3.29. The van der Waals surface area contributed by atoms with Crippen LogP contribution in [0.25, 0.3) is 0 Å². The van der Waals surface area contributed by atoms with Crippen LogP contribution in [0.2, 0.25) is 5.15 Å². The normalized spacial score (nSPS) is 14.1. The maximum absolute atomic E-state index is 12.8. The molecule has 37 heavy (non-hydrogen) atoms. The van der Waals surface area contributed by atoms with E-state index >= 15 is 0 Å². The van der Waals surface area contributed by atoms with Gasteiger partial charge in [0.05, 0.1) is 0 Å². The van der Waals surface area contributed by atoms with E-state index in [0.29, 0.717) is 16.2 Å². The fourth-order valence-corrected chi connectivity index (χ4v) is 5.89. The number of thioether (sulfide) groups is 1. The zero-order valence-electron chi connectivity index (χ0n) is 21.9. The molecule has 0 aliphatic carbocycles. The molecule has 3 aromatic rings. The molecule has 0 saturated carbocycles. The van der Waals surface area contributed by atoms with Crippen LogP contribution in [0.4, 0.5) is 5.82 Å². The predicted molar refractivity (Wildman–Crippen MR) is 155 cm³/mol. The molecule has 2 aromatic carbocycles. The van der Waals surface area contributed by atoms with Crippen molar-refractivity contribution in [1.29, 1.82) is 0 Å². The van der Waals surface area contributed by atoms with Crippen LogP contribution < -0.4 is 4.90 Å². The van der Waals surface area contributed by atoms with Crippen LogP contribution in [0.3, 0.4) is 0 Å². The molecule has 1 aromatic heterocycles. The Kier molecular flexibility index (Phi) is 10.3. The molecule has 1 fully saturated rings. The van der Waals surface area contributed by atoms with Crippen molar-refractivity contribution in [3.05, 3.63) is 82.5 Å². The summed E-state index contributed by atoms with van der Waals surface area (Å²) in [7, 11) is 0. The van der Waals surface area contributed by atoms with E-state index in [-0.39, 0.29) is 5.91 Å². The highest BCUT2D eigenvalue weighted by molar-refractivity contribution is 7.98. The minimum absolute atomic E-state index is 0.109. The summed E-state index contributed by atoms with van der Waals surface area (Å²) >= 11 is 7.97. The van der Waals surface area contributed by atoms with E-state index in [9.17, 15) is 4.79 Å². The lowest BCUT2D eigenvalue weighted by molar-refractivity contribution is 0.0755. The topological polar surface area (TPSA) is 49.3 Å². The molecule has 1 amide bonds. The smallest absolute Gasteiger partial charge is 0.253 e. The number of hydrogen-bond donors (Lipinski definition) is 0. The summed E-state index contributed by atoms with van der Waals surface area (Å²) in [6.45, 7) is 7.77. The maximum atomic E-state index is 12.8. The van der Waals surface area contributed by atoms with Crippen molar-refractivity contribution in [2.45, 2.75) is 56.9 Å². The number of rotatable bonds is 11. The van der Waals surface area contributed by atoms with E-state index in [1.54, 1.807) is 11.8 Å². The summed E-state index contributed by atoms with van der Waals surface area (Å²) in [6.07, 6.45) is 5.37. The molecular weight excluding hydrogens is 500 g/mol. The van der Waals surface area contributed by atoms with Gasteiger partial charge in [-0.25, -0.2) is 9.97 Å². The zero-order chi connectivity index (χ0) is 26.0. The van der Waals surface area contributed by atoms with E-state index < -0.39 is 0 Å². The second-order valence-corrected chi connectivity index (χ2v) is 11.1. The Hall–Kier alpha value is -2.57. The van der Waals surface area contributed by atoms with Crippen LogP contribution in [-0.2, 0) is 12.2 Å². The van der Waals surface area contributed by atoms with Gasteiger partial charge >= 0.3 is 0 Å². The molecule has 0 atom stereocenters. The van der Waals surface area contributed by atoms with Crippen molar-refractivity contribution in [2.24, 2.45) is 5.92 Å². The minimum atomic E-state index is 0.109. The van der Waals surface area contributed by atoms with Crippen molar-refractivity contribution in [1.82, 2.24) is 14.9 Å². The lowest BCUT2D eigenvalue weighted by Crippen LogP contribution is -2.35. The first kappa shape index (κ1) is 27.5. The van der Waals surface area contributed by atoms with Crippen LogP contribution >= 0.6 is 23.4 Å². The molecule has 1 aliphatic heterocycles. The van der Waals surface area contributed by atoms with Gasteiger partial charge in [-0.05, 0) is 61.3 Å². The number of halogens is 1. The third-order valence-corrected chi connectivity index (χ3v) is 7.92. The van der Waals surface area contributed by atoms with E-state index in [2.05, 4.69) is 54.1 Å². The van der Waals surface area contributed by atoms with Crippen molar-refractivity contribution in [2.75, 3.05) is 31.1 Å². The SMILES string of the molecule is CCCN(CCC)C(=O)c1ccc(CSc2nc(Cl)cc(N3CCC(Cc4ccccc4)CC3)n2)cc1. The number of benzene rings is 2. The highest BCUT2D eigenvalue weighted by Gasteiger charge is 2.21. The number of carbonyl (C=O) groups excluding carboxylic acids is 1. The summed E-state index contributed by atoms with van der Waals surface area (Å²) in [5, 5.41) is 1.16. The average molecular weight is 537 g/mol. The summed E-state index contributed by atoms with van der Waals surface area (Å²) in [5.74, 6) is 2.45. The van der Waals surface area contributed by atoms with Crippen molar-refractivity contribution >= 4 is 35.1 Å². The van der Waals surface area contributed by atoms with Gasteiger partial charge in [0.25, 0.3) is 5.91 Å². The van der Waals surface area contributed by atoms with Crippen LogP contribution in [0.5, 0.6) is 0 Å². The minimum Gasteiger partial charge on any atom is -0.356 e.